The fourth-order valence-corrected chi connectivity index (χ4v) is 1.66. The SMILES string of the molecule is CC.CC.CCc1cccn(C)c1=O.Cc1cccn(C)c1=O. The Hall–Kier alpha value is -2.10. The van der Waals surface area contributed by atoms with Gasteiger partial charge in [0.2, 0.25) is 0 Å². The monoisotopic (exact) mass is 320 g/mol. The van der Waals surface area contributed by atoms with Gasteiger partial charge in [-0.1, -0.05) is 46.8 Å². The highest BCUT2D eigenvalue weighted by atomic mass is 16.1. The van der Waals surface area contributed by atoms with Crippen LogP contribution in [0, 0.1) is 6.92 Å². The molecular formula is C19H32N2O2. The summed E-state index contributed by atoms with van der Waals surface area (Å²) < 4.78 is 3.16. The molecule has 0 atom stereocenters. The molecule has 0 unspecified atom stereocenters. The molecule has 0 bridgehead atoms. The first-order valence-electron chi connectivity index (χ1n) is 8.24. The van der Waals surface area contributed by atoms with Crippen LogP contribution < -0.4 is 11.1 Å². The van der Waals surface area contributed by atoms with Crippen molar-refractivity contribution in [3.63, 3.8) is 0 Å². The Bertz CT molecular complexity index is 632. The van der Waals surface area contributed by atoms with E-state index >= 15 is 0 Å². The zero-order valence-corrected chi connectivity index (χ0v) is 15.9. The molecule has 0 aliphatic carbocycles. The summed E-state index contributed by atoms with van der Waals surface area (Å²) >= 11 is 0. The van der Waals surface area contributed by atoms with E-state index in [0.717, 1.165) is 17.5 Å². The van der Waals surface area contributed by atoms with Gasteiger partial charge in [-0.15, -0.1) is 0 Å². The molecule has 0 amide bonds. The van der Waals surface area contributed by atoms with Crippen molar-refractivity contribution >= 4 is 0 Å². The van der Waals surface area contributed by atoms with E-state index in [-0.39, 0.29) is 11.1 Å². The summed E-state index contributed by atoms with van der Waals surface area (Å²) in [5.41, 5.74) is 1.87. The van der Waals surface area contributed by atoms with Gasteiger partial charge in [-0.05, 0) is 25.5 Å². The number of aromatic nitrogens is 2. The van der Waals surface area contributed by atoms with Gasteiger partial charge in [0.1, 0.15) is 0 Å². The molecule has 130 valence electrons. The lowest BCUT2D eigenvalue weighted by molar-refractivity contribution is 0.835. The van der Waals surface area contributed by atoms with Gasteiger partial charge in [0.15, 0.2) is 0 Å². The smallest absolute Gasteiger partial charge is 0.253 e. The Kier molecular flexibility index (Phi) is 13.7. The van der Waals surface area contributed by atoms with E-state index in [2.05, 4.69) is 0 Å². The maximum atomic E-state index is 11.2. The van der Waals surface area contributed by atoms with Gasteiger partial charge in [0, 0.05) is 37.6 Å². The van der Waals surface area contributed by atoms with Crippen molar-refractivity contribution in [2.45, 2.75) is 48.0 Å². The highest BCUT2D eigenvalue weighted by Gasteiger charge is 1.94. The molecular weight excluding hydrogens is 288 g/mol. The Morgan fingerprint density at radius 2 is 1.26 bits per heavy atom. The molecule has 4 heteroatoms. The van der Waals surface area contributed by atoms with Crippen molar-refractivity contribution in [2.24, 2.45) is 14.1 Å². The van der Waals surface area contributed by atoms with Crippen LogP contribution in [0.3, 0.4) is 0 Å². The van der Waals surface area contributed by atoms with Crippen LogP contribution in [0.5, 0.6) is 0 Å². The van der Waals surface area contributed by atoms with E-state index < -0.39 is 0 Å². The third-order valence-electron chi connectivity index (χ3n) is 2.90. The van der Waals surface area contributed by atoms with E-state index in [1.807, 2.05) is 65.8 Å². The van der Waals surface area contributed by atoms with Crippen molar-refractivity contribution in [3.8, 4) is 0 Å². The molecule has 2 heterocycles. The standard InChI is InChI=1S/C8H11NO.C7H9NO.2C2H6/c1-3-7-5-4-6-9(2)8(7)10;1-6-4-3-5-8(2)7(6)9;2*1-2/h4-6H,3H2,1-2H3;3-5H,1-2H3;2*1-2H3. The lowest BCUT2D eigenvalue weighted by Gasteiger charge is -1.97. The number of rotatable bonds is 1. The van der Waals surface area contributed by atoms with Gasteiger partial charge in [-0.3, -0.25) is 9.59 Å². The zero-order valence-electron chi connectivity index (χ0n) is 15.9. The molecule has 23 heavy (non-hydrogen) atoms. The van der Waals surface area contributed by atoms with Crippen LogP contribution >= 0.6 is 0 Å². The second-order valence-electron chi connectivity index (χ2n) is 4.41. The number of hydrogen-bond donors (Lipinski definition) is 0. The fourth-order valence-electron chi connectivity index (χ4n) is 1.66. The van der Waals surface area contributed by atoms with Crippen molar-refractivity contribution in [2.75, 3.05) is 0 Å². The lowest BCUT2D eigenvalue weighted by Crippen LogP contribution is -2.19. The second kappa shape index (κ2) is 13.6. The van der Waals surface area contributed by atoms with E-state index in [4.69, 9.17) is 0 Å². The van der Waals surface area contributed by atoms with Crippen molar-refractivity contribution in [1.82, 2.24) is 9.13 Å². The molecule has 2 aromatic rings. The molecule has 0 saturated carbocycles. The lowest BCUT2D eigenvalue weighted by atomic mass is 10.2. The average Bonchev–Trinajstić information content (AvgIpc) is 2.59. The predicted molar refractivity (Wildman–Crippen MR) is 100 cm³/mol. The molecule has 0 aliphatic rings. The van der Waals surface area contributed by atoms with Crippen LogP contribution in [0.2, 0.25) is 0 Å². The van der Waals surface area contributed by atoms with Crippen LogP contribution in [-0.4, -0.2) is 9.13 Å². The predicted octanol–water partition coefficient (Wildman–Crippen LogP) is 3.69. The largest absolute Gasteiger partial charge is 0.318 e. The van der Waals surface area contributed by atoms with E-state index in [1.165, 1.54) is 0 Å². The van der Waals surface area contributed by atoms with Crippen LogP contribution in [0.25, 0.3) is 0 Å². The minimum atomic E-state index is 0.0810. The highest BCUT2D eigenvalue weighted by molar-refractivity contribution is 5.09. The van der Waals surface area contributed by atoms with E-state index in [9.17, 15) is 9.59 Å². The summed E-state index contributed by atoms with van der Waals surface area (Å²) in [7, 11) is 3.51. The highest BCUT2D eigenvalue weighted by Crippen LogP contribution is 1.90. The van der Waals surface area contributed by atoms with Crippen LogP contribution in [0.4, 0.5) is 0 Å². The van der Waals surface area contributed by atoms with Crippen molar-refractivity contribution in [1.29, 1.82) is 0 Å². The van der Waals surface area contributed by atoms with Gasteiger partial charge in [-0.25, -0.2) is 0 Å². The zero-order chi connectivity index (χ0) is 18.4. The summed E-state index contributed by atoms with van der Waals surface area (Å²) in [4.78, 5) is 22.1. The maximum Gasteiger partial charge on any atom is 0.253 e. The quantitative estimate of drug-likeness (QED) is 0.804. The number of nitrogens with zero attached hydrogens (tertiary/aromatic N) is 2. The molecule has 2 rings (SSSR count). The number of hydrogen-bond acceptors (Lipinski definition) is 2. The molecule has 2 aromatic heterocycles. The van der Waals surface area contributed by atoms with Gasteiger partial charge in [0.05, 0.1) is 0 Å². The fraction of sp³-hybridized carbons (Fsp3) is 0.474. The van der Waals surface area contributed by atoms with Crippen LogP contribution in [0.15, 0.2) is 46.2 Å². The molecule has 0 aliphatic heterocycles. The van der Waals surface area contributed by atoms with Gasteiger partial charge in [-0.2, -0.15) is 0 Å². The summed E-state index contributed by atoms with van der Waals surface area (Å²) in [6.07, 6.45) is 4.32. The first-order chi connectivity index (χ1) is 11.0. The molecule has 4 nitrogen and oxygen atoms in total. The third kappa shape index (κ3) is 8.19. The first kappa shape index (κ1) is 23.2. The summed E-state index contributed by atoms with van der Waals surface area (Å²) in [5, 5.41) is 0. The average molecular weight is 320 g/mol. The summed E-state index contributed by atoms with van der Waals surface area (Å²) in [6.45, 7) is 11.8. The van der Waals surface area contributed by atoms with Crippen LogP contribution in [0.1, 0.15) is 45.7 Å². The Labute approximate surface area is 140 Å². The van der Waals surface area contributed by atoms with E-state index in [0.29, 0.717) is 0 Å². The Morgan fingerprint density at radius 3 is 1.61 bits per heavy atom. The summed E-state index contributed by atoms with van der Waals surface area (Å²) in [5.74, 6) is 0. The first-order valence-corrected chi connectivity index (χ1v) is 8.24. The van der Waals surface area contributed by atoms with E-state index in [1.54, 1.807) is 35.6 Å². The van der Waals surface area contributed by atoms with Crippen molar-refractivity contribution in [3.05, 3.63) is 68.5 Å². The number of pyridine rings is 2. The molecule has 0 fully saturated rings. The van der Waals surface area contributed by atoms with Gasteiger partial charge >= 0.3 is 0 Å². The molecule has 0 spiro atoms. The Balaban J connectivity index is 0. The topological polar surface area (TPSA) is 44.0 Å². The van der Waals surface area contributed by atoms with Crippen LogP contribution in [-0.2, 0) is 20.5 Å². The maximum absolute atomic E-state index is 11.2. The normalized spacial score (nSPS) is 8.52. The minimum absolute atomic E-state index is 0.0810. The second-order valence-corrected chi connectivity index (χ2v) is 4.41. The molecule has 0 saturated heterocycles. The molecule has 0 N–H and O–H groups in total. The molecule has 0 radical (unpaired) electrons. The minimum Gasteiger partial charge on any atom is -0.318 e. The summed E-state index contributed by atoms with van der Waals surface area (Å²) in [6, 6.07) is 7.42. The molecule has 0 aromatic carbocycles. The van der Waals surface area contributed by atoms with Gasteiger partial charge in [0.25, 0.3) is 11.1 Å². The number of aryl methyl sites for hydroxylation is 4. The van der Waals surface area contributed by atoms with Gasteiger partial charge < -0.3 is 9.13 Å². The van der Waals surface area contributed by atoms with Crippen molar-refractivity contribution < 1.29 is 0 Å². The Morgan fingerprint density at radius 1 is 0.826 bits per heavy atom. The third-order valence-corrected chi connectivity index (χ3v) is 2.90.